The fraction of sp³-hybridized carbons (Fsp3) is 0.0714. The van der Waals surface area contributed by atoms with Crippen molar-refractivity contribution in [1.29, 1.82) is 0 Å². The van der Waals surface area contributed by atoms with Crippen LogP contribution in [0.2, 0.25) is 0 Å². The third kappa shape index (κ3) is 2.30. The molecule has 0 saturated carbocycles. The van der Waals surface area contributed by atoms with Gasteiger partial charge in [0.2, 0.25) is 5.95 Å². The van der Waals surface area contributed by atoms with Gasteiger partial charge < -0.3 is 5.32 Å². The van der Waals surface area contributed by atoms with E-state index in [9.17, 15) is 0 Å². The molecular formula is C14H13N5. The van der Waals surface area contributed by atoms with Crippen LogP contribution in [0, 0.1) is 0 Å². The van der Waals surface area contributed by atoms with Crippen molar-refractivity contribution >= 4 is 5.95 Å². The molecule has 0 fully saturated rings. The van der Waals surface area contributed by atoms with Crippen LogP contribution in [0.5, 0.6) is 0 Å². The SMILES string of the molecule is CNc1nccc(-c2cnn(-c3ccccc3)c2)n1. The molecule has 0 bridgehead atoms. The van der Waals surface area contributed by atoms with Crippen LogP contribution in [0.1, 0.15) is 0 Å². The monoisotopic (exact) mass is 251 g/mol. The van der Waals surface area contributed by atoms with Crippen LogP contribution in [-0.2, 0) is 0 Å². The number of rotatable bonds is 3. The Labute approximate surface area is 111 Å². The predicted molar refractivity (Wildman–Crippen MR) is 74.1 cm³/mol. The first-order valence-electron chi connectivity index (χ1n) is 5.98. The van der Waals surface area contributed by atoms with E-state index in [0.29, 0.717) is 5.95 Å². The average Bonchev–Trinajstić information content (AvgIpc) is 2.98. The van der Waals surface area contributed by atoms with Crippen molar-refractivity contribution in [2.24, 2.45) is 0 Å². The van der Waals surface area contributed by atoms with Crippen LogP contribution in [0.15, 0.2) is 55.0 Å². The largest absolute Gasteiger partial charge is 0.357 e. The van der Waals surface area contributed by atoms with Gasteiger partial charge in [0.05, 0.1) is 17.6 Å². The number of nitrogens with one attached hydrogen (secondary N) is 1. The number of para-hydroxylation sites is 1. The normalized spacial score (nSPS) is 10.4. The Kier molecular flexibility index (Phi) is 2.94. The van der Waals surface area contributed by atoms with E-state index < -0.39 is 0 Å². The van der Waals surface area contributed by atoms with Crippen molar-refractivity contribution in [1.82, 2.24) is 19.7 Å². The molecule has 19 heavy (non-hydrogen) atoms. The first kappa shape index (κ1) is 11.4. The smallest absolute Gasteiger partial charge is 0.222 e. The number of anilines is 1. The maximum atomic E-state index is 4.39. The van der Waals surface area contributed by atoms with Gasteiger partial charge in [-0.05, 0) is 18.2 Å². The van der Waals surface area contributed by atoms with Crippen LogP contribution >= 0.6 is 0 Å². The lowest BCUT2D eigenvalue weighted by Crippen LogP contribution is -1.96. The summed E-state index contributed by atoms with van der Waals surface area (Å²) < 4.78 is 1.83. The summed E-state index contributed by atoms with van der Waals surface area (Å²) in [5.41, 5.74) is 2.83. The molecule has 0 spiro atoms. The molecule has 0 amide bonds. The summed E-state index contributed by atoms with van der Waals surface area (Å²) in [4.78, 5) is 8.49. The third-order valence-corrected chi connectivity index (χ3v) is 2.78. The summed E-state index contributed by atoms with van der Waals surface area (Å²) in [5.74, 6) is 0.602. The lowest BCUT2D eigenvalue weighted by molar-refractivity contribution is 0.880. The first-order valence-corrected chi connectivity index (χ1v) is 5.98. The highest BCUT2D eigenvalue weighted by atomic mass is 15.3. The van der Waals surface area contributed by atoms with Gasteiger partial charge in [-0.15, -0.1) is 0 Å². The zero-order chi connectivity index (χ0) is 13.1. The summed E-state index contributed by atoms with van der Waals surface area (Å²) in [7, 11) is 1.80. The molecule has 0 saturated heterocycles. The summed E-state index contributed by atoms with van der Waals surface area (Å²) >= 11 is 0. The van der Waals surface area contributed by atoms with E-state index in [1.165, 1.54) is 0 Å². The van der Waals surface area contributed by atoms with Gasteiger partial charge in [0.15, 0.2) is 0 Å². The van der Waals surface area contributed by atoms with E-state index in [-0.39, 0.29) is 0 Å². The van der Waals surface area contributed by atoms with Crippen molar-refractivity contribution in [3.05, 3.63) is 55.0 Å². The van der Waals surface area contributed by atoms with E-state index >= 15 is 0 Å². The van der Waals surface area contributed by atoms with Gasteiger partial charge in [-0.25, -0.2) is 14.6 Å². The zero-order valence-electron chi connectivity index (χ0n) is 10.5. The van der Waals surface area contributed by atoms with E-state index in [0.717, 1.165) is 16.9 Å². The molecule has 3 aromatic rings. The van der Waals surface area contributed by atoms with E-state index in [1.54, 1.807) is 19.4 Å². The van der Waals surface area contributed by atoms with E-state index in [1.807, 2.05) is 47.3 Å². The molecule has 1 N–H and O–H groups in total. The quantitative estimate of drug-likeness (QED) is 0.776. The molecule has 2 heterocycles. The molecule has 0 aliphatic rings. The molecule has 0 aliphatic heterocycles. The average molecular weight is 251 g/mol. The Hall–Kier alpha value is -2.69. The predicted octanol–water partition coefficient (Wildman–Crippen LogP) is 2.37. The molecule has 5 nitrogen and oxygen atoms in total. The van der Waals surface area contributed by atoms with Crippen LogP contribution in [0.3, 0.4) is 0 Å². The number of aromatic nitrogens is 4. The van der Waals surface area contributed by atoms with Crippen LogP contribution < -0.4 is 5.32 Å². The minimum Gasteiger partial charge on any atom is -0.357 e. The molecule has 5 heteroatoms. The van der Waals surface area contributed by atoms with Crippen molar-refractivity contribution in [3.8, 4) is 16.9 Å². The van der Waals surface area contributed by atoms with E-state index in [2.05, 4.69) is 20.4 Å². The second kappa shape index (κ2) is 4.89. The number of hydrogen-bond donors (Lipinski definition) is 1. The standard InChI is InChI=1S/C14H13N5/c1-15-14-16-8-7-13(18-14)11-9-17-19(10-11)12-5-3-2-4-6-12/h2-10H,1H3,(H,15,16,18). The second-order valence-corrected chi connectivity index (χ2v) is 4.02. The second-order valence-electron chi connectivity index (χ2n) is 4.02. The maximum Gasteiger partial charge on any atom is 0.222 e. The third-order valence-electron chi connectivity index (χ3n) is 2.78. The fourth-order valence-corrected chi connectivity index (χ4v) is 1.82. The highest BCUT2D eigenvalue weighted by molar-refractivity contribution is 5.58. The molecular weight excluding hydrogens is 238 g/mol. The van der Waals surface area contributed by atoms with E-state index in [4.69, 9.17) is 0 Å². The fourth-order valence-electron chi connectivity index (χ4n) is 1.82. The van der Waals surface area contributed by atoms with Crippen molar-refractivity contribution < 1.29 is 0 Å². The Morgan fingerprint density at radius 1 is 1.11 bits per heavy atom. The lowest BCUT2D eigenvalue weighted by atomic mass is 10.2. The zero-order valence-corrected chi connectivity index (χ0v) is 10.5. The highest BCUT2D eigenvalue weighted by Crippen LogP contribution is 2.18. The molecule has 2 aromatic heterocycles. The number of hydrogen-bond acceptors (Lipinski definition) is 4. The first-order chi connectivity index (χ1) is 9.36. The Morgan fingerprint density at radius 2 is 1.95 bits per heavy atom. The molecule has 1 aromatic carbocycles. The lowest BCUT2D eigenvalue weighted by Gasteiger charge is -2.01. The molecule has 3 rings (SSSR count). The van der Waals surface area contributed by atoms with Gasteiger partial charge in [0.25, 0.3) is 0 Å². The van der Waals surface area contributed by atoms with Crippen molar-refractivity contribution in [2.75, 3.05) is 12.4 Å². The van der Waals surface area contributed by atoms with Crippen LogP contribution in [-0.4, -0.2) is 26.8 Å². The van der Waals surface area contributed by atoms with Crippen LogP contribution in [0.25, 0.3) is 16.9 Å². The summed E-state index contributed by atoms with van der Waals surface area (Å²) in [6.07, 6.45) is 5.49. The minimum absolute atomic E-state index is 0.602. The van der Waals surface area contributed by atoms with Crippen LogP contribution in [0.4, 0.5) is 5.95 Å². The van der Waals surface area contributed by atoms with Gasteiger partial charge in [-0.1, -0.05) is 18.2 Å². The Morgan fingerprint density at radius 3 is 2.74 bits per heavy atom. The van der Waals surface area contributed by atoms with Crippen molar-refractivity contribution in [3.63, 3.8) is 0 Å². The Balaban J connectivity index is 1.97. The summed E-state index contributed by atoms with van der Waals surface area (Å²) in [6.45, 7) is 0. The van der Waals surface area contributed by atoms with Gasteiger partial charge in [-0.3, -0.25) is 0 Å². The highest BCUT2D eigenvalue weighted by Gasteiger charge is 2.05. The topological polar surface area (TPSA) is 55.6 Å². The molecule has 0 unspecified atom stereocenters. The number of nitrogens with zero attached hydrogens (tertiary/aromatic N) is 4. The summed E-state index contributed by atoms with van der Waals surface area (Å²) in [6, 6.07) is 11.8. The van der Waals surface area contributed by atoms with Gasteiger partial charge in [-0.2, -0.15) is 5.10 Å². The number of benzene rings is 1. The Bertz CT molecular complexity index is 675. The van der Waals surface area contributed by atoms with Crippen molar-refractivity contribution in [2.45, 2.75) is 0 Å². The maximum absolute atomic E-state index is 4.39. The van der Waals surface area contributed by atoms with Gasteiger partial charge in [0, 0.05) is 25.0 Å². The summed E-state index contributed by atoms with van der Waals surface area (Å²) in [5, 5.41) is 7.28. The molecule has 94 valence electrons. The molecule has 0 atom stereocenters. The molecule has 0 radical (unpaired) electrons. The minimum atomic E-state index is 0.602. The van der Waals surface area contributed by atoms with Gasteiger partial charge in [0.1, 0.15) is 0 Å². The van der Waals surface area contributed by atoms with Gasteiger partial charge >= 0.3 is 0 Å². The molecule has 0 aliphatic carbocycles.